The molecule has 0 saturated heterocycles. The van der Waals surface area contributed by atoms with Crippen LogP contribution in [0.25, 0.3) is 0 Å². The standard InChI is InChI=1S/C20H24O3/c1-14-10-11-16(12-15(14)2)23-19(21)13-22-18-9-7-6-8-17(18)20(3,4)5/h6-12H,13H2,1-5H3. The van der Waals surface area contributed by atoms with Crippen LogP contribution in [0.4, 0.5) is 0 Å². The molecule has 0 aliphatic rings. The van der Waals surface area contributed by atoms with E-state index < -0.39 is 5.97 Å². The van der Waals surface area contributed by atoms with E-state index in [4.69, 9.17) is 9.47 Å². The van der Waals surface area contributed by atoms with Crippen LogP contribution in [-0.4, -0.2) is 12.6 Å². The molecule has 0 spiro atoms. The third-order valence-corrected chi connectivity index (χ3v) is 3.75. The van der Waals surface area contributed by atoms with Crippen LogP contribution in [0.3, 0.4) is 0 Å². The van der Waals surface area contributed by atoms with Gasteiger partial charge >= 0.3 is 5.97 Å². The summed E-state index contributed by atoms with van der Waals surface area (Å²) < 4.78 is 11.0. The van der Waals surface area contributed by atoms with Gasteiger partial charge in [-0.15, -0.1) is 0 Å². The van der Waals surface area contributed by atoms with Crippen molar-refractivity contribution in [3.63, 3.8) is 0 Å². The van der Waals surface area contributed by atoms with E-state index in [-0.39, 0.29) is 12.0 Å². The van der Waals surface area contributed by atoms with E-state index in [2.05, 4.69) is 20.8 Å². The van der Waals surface area contributed by atoms with Gasteiger partial charge < -0.3 is 9.47 Å². The van der Waals surface area contributed by atoms with Crippen molar-refractivity contribution in [2.45, 2.75) is 40.0 Å². The monoisotopic (exact) mass is 312 g/mol. The molecule has 0 radical (unpaired) electrons. The second-order valence-electron chi connectivity index (χ2n) is 6.75. The summed E-state index contributed by atoms with van der Waals surface area (Å²) in [7, 11) is 0. The minimum Gasteiger partial charge on any atom is -0.482 e. The molecule has 0 unspecified atom stereocenters. The van der Waals surface area contributed by atoms with E-state index in [0.717, 1.165) is 16.9 Å². The molecule has 0 amide bonds. The lowest BCUT2D eigenvalue weighted by molar-refractivity contribution is -0.136. The van der Waals surface area contributed by atoms with E-state index in [1.165, 1.54) is 5.56 Å². The smallest absolute Gasteiger partial charge is 0.349 e. The molecule has 0 aliphatic carbocycles. The van der Waals surface area contributed by atoms with Gasteiger partial charge in [-0.1, -0.05) is 45.0 Å². The van der Waals surface area contributed by atoms with Gasteiger partial charge in [0, 0.05) is 0 Å². The van der Waals surface area contributed by atoms with Gasteiger partial charge in [-0.2, -0.15) is 0 Å². The third-order valence-electron chi connectivity index (χ3n) is 3.75. The first-order valence-corrected chi connectivity index (χ1v) is 7.77. The second-order valence-corrected chi connectivity index (χ2v) is 6.75. The van der Waals surface area contributed by atoms with Crippen LogP contribution >= 0.6 is 0 Å². The highest BCUT2D eigenvalue weighted by Gasteiger charge is 2.19. The van der Waals surface area contributed by atoms with Crippen molar-refractivity contribution < 1.29 is 14.3 Å². The lowest BCUT2D eigenvalue weighted by atomic mass is 9.86. The van der Waals surface area contributed by atoms with Gasteiger partial charge in [0.15, 0.2) is 6.61 Å². The molecule has 0 atom stereocenters. The highest BCUT2D eigenvalue weighted by Crippen LogP contribution is 2.30. The lowest BCUT2D eigenvalue weighted by Crippen LogP contribution is -2.20. The van der Waals surface area contributed by atoms with Crippen molar-refractivity contribution in [3.05, 3.63) is 59.2 Å². The van der Waals surface area contributed by atoms with Crippen molar-refractivity contribution in [1.29, 1.82) is 0 Å². The van der Waals surface area contributed by atoms with Crippen LogP contribution in [0.5, 0.6) is 11.5 Å². The Kier molecular flexibility index (Phi) is 5.09. The summed E-state index contributed by atoms with van der Waals surface area (Å²) in [5.41, 5.74) is 3.28. The van der Waals surface area contributed by atoms with Crippen LogP contribution in [0.15, 0.2) is 42.5 Å². The van der Waals surface area contributed by atoms with Crippen molar-refractivity contribution >= 4 is 5.97 Å². The van der Waals surface area contributed by atoms with Gasteiger partial charge in [-0.3, -0.25) is 0 Å². The first-order chi connectivity index (χ1) is 10.8. The molecule has 23 heavy (non-hydrogen) atoms. The molecule has 2 aromatic rings. The molecular weight excluding hydrogens is 288 g/mol. The minimum atomic E-state index is -0.406. The fraction of sp³-hybridized carbons (Fsp3) is 0.350. The lowest BCUT2D eigenvalue weighted by Gasteiger charge is -2.22. The Morgan fingerprint density at radius 1 is 1.00 bits per heavy atom. The molecule has 0 aliphatic heterocycles. The average Bonchev–Trinajstić information content (AvgIpc) is 2.48. The van der Waals surface area contributed by atoms with Gasteiger partial charge in [0.1, 0.15) is 11.5 Å². The van der Waals surface area contributed by atoms with Gasteiger partial charge in [-0.05, 0) is 54.2 Å². The first kappa shape index (κ1) is 17.1. The Hall–Kier alpha value is -2.29. The zero-order valence-corrected chi connectivity index (χ0v) is 14.5. The van der Waals surface area contributed by atoms with Crippen LogP contribution in [0.1, 0.15) is 37.5 Å². The highest BCUT2D eigenvalue weighted by molar-refractivity contribution is 5.74. The SMILES string of the molecule is Cc1ccc(OC(=O)COc2ccccc2C(C)(C)C)cc1C. The number of aryl methyl sites for hydroxylation is 2. The quantitative estimate of drug-likeness (QED) is 0.612. The number of esters is 1. The molecule has 122 valence electrons. The van der Waals surface area contributed by atoms with Gasteiger partial charge in [0.05, 0.1) is 0 Å². The third kappa shape index (κ3) is 4.59. The Balaban J connectivity index is 2.01. The number of carbonyl (C=O) groups is 1. The number of hydrogen-bond acceptors (Lipinski definition) is 3. The molecule has 2 rings (SSSR count). The van der Waals surface area contributed by atoms with Crippen LogP contribution < -0.4 is 9.47 Å². The van der Waals surface area contributed by atoms with Gasteiger partial charge in [0.2, 0.25) is 0 Å². The maximum atomic E-state index is 12.0. The summed E-state index contributed by atoms with van der Waals surface area (Å²) >= 11 is 0. The average molecular weight is 312 g/mol. The fourth-order valence-corrected chi connectivity index (χ4v) is 2.29. The number of rotatable bonds is 4. The second kappa shape index (κ2) is 6.86. The number of hydrogen-bond donors (Lipinski definition) is 0. The topological polar surface area (TPSA) is 35.5 Å². The molecular formula is C20H24O3. The van der Waals surface area contributed by atoms with Crippen molar-refractivity contribution in [2.24, 2.45) is 0 Å². The molecule has 0 fully saturated rings. The first-order valence-electron chi connectivity index (χ1n) is 7.77. The Morgan fingerprint density at radius 2 is 1.70 bits per heavy atom. The highest BCUT2D eigenvalue weighted by atomic mass is 16.6. The molecule has 3 nitrogen and oxygen atoms in total. The predicted molar refractivity (Wildman–Crippen MR) is 92.2 cm³/mol. The van der Waals surface area contributed by atoms with E-state index in [9.17, 15) is 4.79 Å². The summed E-state index contributed by atoms with van der Waals surface area (Å²) in [4.78, 5) is 12.0. The molecule has 2 aromatic carbocycles. The number of para-hydroxylation sites is 1. The minimum absolute atomic E-state index is 0.0471. The Morgan fingerprint density at radius 3 is 2.35 bits per heavy atom. The Labute approximate surface area is 138 Å². The number of ether oxygens (including phenoxy) is 2. The molecule has 0 aromatic heterocycles. The molecule has 0 bridgehead atoms. The summed E-state index contributed by atoms with van der Waals surface area (Å²) in [6.45, 7) is 10.2. The maximum absolute atomic E-state index is 12.0. The number of carbonyl (C=O) groups excluding carboxylic acids is 1. The normalized spacial score (nSPS) is 11.2. The van der Waals surface area contributed by atoms with Gasteiger partial charge in [-0.25, -0.2) is 4.79 Å². The van der Waals surface area contributed by atoms with Crippen molar-refractivity contribution in [2.75, 3.05) is 6.61 Å². The molecule has 0 saturated carbocycles. The van der Waals surface area contributed by atoms with Crippen LogP contribution in [-0.2, 0) is 10.2 Å². The summed E-state index contributed by atoms with van der Waals surface area (Å²) in [5, 5.41) is 0. The zero-order valence-electron chi connectivity index (χ0n) is 14.5. The zero-order chi connectivity index (χ0) is 17.0. The van der Waals surface area contributed by atoms with Crippen molar-refractivity contribution in [3.8, 4) is 11.5 Å². The van der Waals surface area contributed by atoms with Crippen LogP contribution in [0, 0.1) is 13.8 Å². The van der Waals surface area contributed by atoms with Crippen LogP contribution in [0.2, 0.25) is 0 Å². The maximum Gasteiger partial charge on any atom is 0.349 e. The molecule has 0 N–H and O–H groups in total. The molecule has 0 heterocycles. The number of benzene rings is 2. The van der Waals surface area contributed by atoms with E-state index >= 15 is 0 Å². The van der Waals surface area contributed by atoms with Crippen molar-refractivity contribution in [1.82, 2.24) is 0 Å². The Bertz CT molecular complexity index is 696. The summed E-state index contributed by atoms with van der Waals surface area (Å²) in [6.07, 6.45) is 0. The van der Waals surface area contributed by atoms with E-state index in [1.54, 1.807) is 6.07 Å². The van der Waals surface area contributed by atoms with Gasteiger partial charge in [0.25, 0.3) is 0 Å². The predicted octanol–water partition coefficient (Wildman–Crippen LogP) is 4.59. The largest absolute Gasteiger partial charge is 0.482 e. The summed E-state index contributed by atoms with van der Waals surface area (Å²) in [5.74, 6) is 0.861. The van der Waals surface area contributed by atoms with E-state index in [1.807, 2.05) is 50.2 Å². The molecule has 3 heteroatoms. The summed E-state index contributed by atoms with van der Waals surface area (Å²) in [6, 6.07) is 13.4. The fourth-order valence-electron chi connectivity index (χ4n) is 2.29. The van der Waals surface area contributed by atoms with E-state index in [0.29, 0.717) is 5.75 Å².